The summed E-state index contributed by atoms with van der Waals surface area (Å²) in [6, 6.07) is 10.2. The standard InChI is InChI=1S/C15H20N2OS/c1-11(18-2)8-15-17-13(10-19-15)9-14(16)12-6-4-3-5-7-12/h3-7,10-11,14H,8-9,16H2,1-2H3. The topological polar surface area (TPSA) is 48.1 Å². The van der Waals surface area contributed by atoms with Crippen LogP contribution in [0.2, 0.25) is 0 Å². The molecular weight excluding hydrogens is 256 g/mol. The first-order valence-corrected chi connectivity index (χ1v) is 7.33. The lowest BCUT2D eigenvalue weighted by Crippen LogP contribution is -2.13. The van der Waals surface area contributed by atoms with Gasteiger partial charge < -0.3 is 10.5 Å². The van der Waals surface area contributed by atoms with Gasteiger partial charge in [-0.15, -0.1) is 11.3 Å². The van der Waals surface area contributed by atoms with E-state index in [4.69, 9.17) is 10.5 Å². The van der Waals surface area contributed by atoms with Crippen LogP contribution in [0.3, 0.4) is 0 Å². The summed E-state index contributed by atoms with van der Waals surface area (Å²) in [5.74, 6) is 0. The van der Waals surface area contributed by atoms with Crippen LogP contribution in [0.15, 0.2) is 35.7 Å². The van der Waals surface area contributed by atoms with E-state index in [-0.39, 0.29) is 12.1 Å². The second kappa shape index (κ2) is 6.80. The first kappa shape index (κ1) is 14.2. The molecular formula is C15H20N2OS. The third-order valence-electron chi connectivity index (χ3n) is 3.12. The van der Waals surface area contributed by atoms with Crippen molar-refractivity contribution in [3.05, 3.63) is 52.0 Å². The SMILES string of the molecule is COC(C)Cc1nc(CC(N)c2ccccc2)cs1. The highest BCUT2D eigenvalue weighted by molar-refractivity contribution is 7.09. The molecule has 1 heterocycles. The van der Waals surface area contributed by atoms with Crippen LogP contribution in [-0.4, -0.2) is 18.2 Å². The Labute approximate surface area is 118 Å². The van der Waals surface area contributed by atoms with Crippen LogP contribution in [0.1, 0.15) is 29.2 Å². The predicted molar refractivity (Wildman–Crippen MR) is 79.4 cm³/mol. The van der Waals surface area contributed by atoms with Crippen LogP contribution in [0.25, 0.3) is 0 Å². The molecule has 0 bridgehead atoms. The fourth-order valence-corrected chi connectivity index (χ4v) is 2.83. The second-order valence-corrected chi connectivity index (χ2v) is 5.65. The lowest BCUT2D eigenvalue weighted by Gasteiger charge is -2.10. The average Bonchev–Trinajstić information content (AvgIpc) is 2.86. The Balaban J connectivity index is 1.96. The minimum atomic E-state index is 0.0102. The number of hydrogen-bond donors (Lipinski definition) is 1. The molecule has 0 amide bonds. The number of thiazole rings is 1. The zero-order chi connectivity index (χ0) is 13.7. The van der Waals surface area contributed by atoms with Crippen molar-refractivity contribution in [3.8, 4) is 0 Å². The lowest BCUT2D eigenvalue weighted by atomic mass is 10.0. The van der Waals surface area contributed by atoms with E-state index in [0.29, 0.717) is 0 Å². The van der Waals surface area contributed by atoms with Crippen molar-refractivity contribution in [2.24, 2.45) is 5.73 Å². The molecule has 2 rings (SSSR count). The van der Waals surface area contributed by atoms with Crippen LogP contribution in [0, 0.1) is 0 Å². The minimum absolute atomic E-state index is 0.0102. The molecule has 2 atom stereocenters. The van der Waals surface area contributed by atoms with Crippen molar-refractivity contribution in [2.45, 2.75) is 31.9 Å². The highest BCUT2D eigenvalue weighted by Gasteiger charge is 2.11. The van der Waals surface area contributed by atoms with Gasteiger partial charge >= 0.3 is 0 Å². The van der Waals surface area contributed by atoms with E-state index in [1.54, 1.807) is 18.4 Å². The van der Waals surface area contributed by atoms with E-state index >= 15 is 0 Å². The summed E-state index contributed by atoms with van der Waals surface area (Å²) < 4.78 is 5.26. The van der Waals surface area contributed by atoms with Crippen molar-refractivity contribution in [1.29, 1.82) is 0 Å². The minimum Gasteiger partial charge on any atom is -0.381 e. The van der Waals surface area contributed by atoms with Gasteiger partial charge in [0.2, 0.25) is 0 Å². The number of nitrogens with zero attached hydrogens (tertiary/aromatic N) is 1. The first-order chi connectivity index (χ1) is 9.19. The predicted octanol–water partition coefficient (Wildman–Crippen LogP) is 2.96. The number of ether oxygens (including phenoxy) is 1. The monoisotopic (exact) mass is 276 g/mol. The maximum Gasteiger partial charge on any atom is 0.0954 e. The third kappa shape index (κ3) is 4.13. The summed E-state index contributed by atoms with van der Waals surface area (Å²) in [5, 5.41) is 3.21. The van der Waals surface area contributed by atoms with E-state index in [2.05, 4.69) is 29.4 Å². The van der Waals surface area contributed by atoms with Crippen LogP contribution >= 0.6 is 11.3 Å². The molecule has 4 heteroatoms. The van der Waals surface area contributed by atoms with Crippen molar-refractivity contribution in [2.75, 3.05) is 7.11 Å². The molecule has 0 aliphatic carbocycles. The number of aromatic nitrogens is 1. The molecule has 19 heavy (non-hydrogen) atoms. The Bertz CT molecular complexity index is 498. The first-order valence-electron chi connectivity index (χ1n) is 6.45. The van der Waals surface area contributed by atoms with E-state index in [9.17, 15) is 0 Å². The number of nitrogens with two attached hydrogens (primary N) is 1. The van der Waals surface area contributed by atoms with Crippen molar-refractivity contribution < 1.29 is 4.74 Å². The van der Waals surface area contributed by atoms with E-state index in [1.807, 2.05) is 18.2 Å². The Morgan fingerprint density at radius 2 is 2.00 bits per heavy atom. The summed E-state index contributed by atoms with van der Waals surface area (Å²) in [6.07, 6.45) is 1.85. The van der Waals surface area contributed by atoms with Gasteiger partial charge in [0.05, 0.1) is 16.8 Å². The smallest absolute Gasteiger partial charge is 0.0954 e. The average molecular weight is 276 g/mol. The molecule has 0 aliphatic heterocycles. The molecule has 3 nitrogen and oxygen atoms in total. The molecule has 0 spiro atoms. The molecule has 1 aromatic heterocycles. The molecule has 0 saturated carbocycles. The Morgan fingerprint density at radius 3 is 2.68 bits per heavy atom. The fourth-order valence-electron chi connectivity index (χ4n) is 1.91. The van der Waals surface area contributed by atoms with Crippen LogP contribution in [-0.2, 0) is 17.6 Å². The molecule has 2 aromatic rings. The van der Waals surface area contributed by atoms with Gasteiger partial charge in [-0.05, 0) is 12.5 Å². The molecule has 2 N–H and O–H groups in total. The van der Waals surface area contributed by atoms with Gasteiger partial charge in [-0.1, -0.05) is 30.3 Å². The van der Waals surface area contributed by atoms with Gasteiger partial charge in [0.25, 0.3) is 0 Å². The fraction of sp³-hybridized carbons (Fsp3) is 0.400. The van der Waals surface area contributed by atoms with Crippen LogP contribution in [0.4, 0.5) is 0 Å². The highest BCUT2D eigenvalue weighted by atomic mass is 32.1. The molecule has 0 fully saturated rings. The Kier molecular flexibility index (Phi) is 5.07. The maximum atomic E-state index is 6.20. The van der Waals surface area contributed by atoms with Crippen molar-refractivity contribution in [1.82, 2.24) is 4.98 Å². The summed E-state index contributed by atoms with van der Waals surface area (Å²) in [6.45, 7) is 2.05. The summed E-state index contributed by atoms with van der Waals surface area (Å²) in [4.78, 5) is 4.62. The second-order valence-electron chi connectivity index (χ2n) is 4.70. The summed E-state index contributed by atoms with van der Waals surface area (Å²) in [7, 11) is 1.73. The maximum absolute atomic E-state index is 6.20. The molecule has 0 aliphatic rings. The molecule has 0 radical (unpaired) electrons. The van der Waals surface area contributed by atoms with E-state index in [0.717, 1.165) is 29.1 Å². The van der Waals surface area contributed by atoms with Gasteiger partial charge in [0.15, 0.2) is 0 Å². The largest absolute Gasteiger partial charge is 0.381 e. The number of hydrogen-bond acceptors (Lipinski definition) is 4. The molecule has 102 valence electrons. The van der Waals surface area contributed by atoms with Gasteiger partial charge in [-0.3, -0.25) is 0 Å². The van der Waals surface area contributed by atoms with E-state index < -0.39 is 0 Å². The van der Waals surface area contributed by atoms with Gasteiger partial charge in [-0.2, -0.15) is 0 Å². The van der Waals surface area contributed by atoms with Gasteiger partial charge in [-0.25, -0.2) is 4.98 Å². The molecule has 1 aromatic carbocycles. The zero-order valence-electron chi connectivity index (χ0n) is 11.4. The quantitative estimate of drug-likeness (QED) is 0.882. The number of benzene rings is 1. The Morgan fingerprint density at radius 1 is 1.26 bits per heavy atom. The van der Waals surface area contributed by atoms with E-state index in [1.165, 1.54) is 0 Å². The zero-order valence-corrected chi connectivity index (χ0v) is 12.2. The molecule has 0 saturated heterocycles. The molecule has 2 unspecified atom stereocenters. The van der Waals surface area contributed by atoms with Crippen molar-refractivity contribution >= 4 is 11.3 Å². The van der Waals surface area contributed by atoms with Gasteiger partial charge in [0, 0.05) is 31.4 Å². The highest BCUT2D eigenvalue weighted by Crippen LogP contribution is 2.19. The summed E-state index contributed by atoms with van der Waals surface area (Å²) in [5.41, 5.74) is 8.43. The summed E-state index contributed by atoms with van der Waals surface area (Å²) >= 11 is 1.68. The van der Waals surface area contributed by atoms with Crippen molar-refractivity contribution in [3.63, 3.8) is 0 Å². The van der Waals surface area contributed by atoms with Gasteiger partial charge in [0.1, 0.15) is 0 Å². The number of methoxy groups -OCH3 is 1. The third-order valence-corrected chi connectivity index (χ3v) is 4.04. The Hall–Kier alpha value is -1.23. The lowest BCUT2D eigenvalue weighted by molar-refractivity contribution is 0.118. The normalized spacial score (nSPS) is 14.3. The number of rotatable bonds is 6. The van der Waals surface area contributed by atoms with Crippen LogP contribution in [0.5, 0.6) is 0 Å². The van der Waals surface area contributed by atoms with Crippen LogP contribution < -0.4 is 5.73 Å².